The van der Waals surface area contributed by atoms with E-state index < -0.39 is 0 Å². The van der Waals surface area contributed by atoms with Crippen molar-refractivity contribution in [3.05, 3.63) is 66.2 Å². The summed E-state index contributed by atoms with van der Waals surface area (Å²) in [6, 6.07) is 21.1. The molecule has 2 rings (SSSR count). The zero-order chi connectivity index (χ0) is 13.6. The van der Waals surface area contributed by atoms with E-state index in [1.54, 1.807) is 0 Å². The number of rotatable bonds is 5. The van der Waals surface area contributed by atoms with Gasteiger partial charge in [-0.25, -0.2) is 0 Å². The average molecular weight is 316 g/mol. The molecule has 0 N–H and O–H groups in total. The first-order chi connectivity index (χ1) is 9.16. The Morgan fingerprint density at radius 3 is 2.16 bits per heavy atom. The molecule has 0 radical (unpaired) electrons. The van der Waals surface area contributed by atoms with Crippen molar-refractivity contribution in [2.75, 3.05) is 0 Å². The topological polar surface area (TPSA) is 12.4 Å². The Kier molecular flexibility index (Phi) is 4.95. The summed E-state index contributed by atoms with van der Waals surface area (Å²) >= 11 is 0.411. The van der Waals surface area contributed by atoms with Gasteiger partial charge >= 0.3 is 122 Å². The van der Waals surface area contributed by atoms with Crippen LogP contribution in [-0.2, 0) is 6.54 Å². The number of aliphatic imine (C=N–C) groups is 1. The third-order valence-corrected chi connectivity index (χ3v) is 5.03. The summed E-state index contributed by atoms with van der Waals surface area (Å²) in [4.78, 5) is 4.60. The SMILES string of the molecule is CC(C)(C=NCc1ccccc1)[Se]c1ccccc1. The first-order valence-corrected chi connectivity index (χ1v) is 8.16. The Morgan fingerprint density at radius 1 is 0.947 bits per heavy atom. The van der Waals surface area contributed by atoms with E-state index in [2.05, 4.69) is 79.7 Å². The quantitative estimate of drug-likeness (QED) is 0.591. The molecule has 2 heteroatoms. The standard InChI is InChI=1S/C17H19NSe/c1-17(2,19-16-11-7-4-8-12-16)14-18-13-15-9-5-3-6-10-15/h3-12,14H,13H2,1-2H3. The molecule has 0 amide bonds. The second-order valence-corrected chi connectivity index (χ2v) is 8.60. The average Bonchev–Trinajstić information content (AvgIpc) is 2.40. The fourth-order valence-corrected chi connectivity index (χ4v) is 3.93. The van der Waals surface area contributed by atoms with Crippen LogP contribution in [0.15, 0.2) is 65.7 Å². The molecule has 0 atom stereocenters. The Morgan fingerprint density at radius 2 is 1.53 bits per heavy atom. The van der Waals surface area contributed by atoms with Gasteiger partial charge in [-0.3, -0.25) is 0 Å². The van der Waals surface area contributed by atoms with Gasteiger partial charge in [0.25, 0.3) is 0 Å². The number of hydrogen-bond donors (Lipinski definition) is 0. The van der Waals surface area contributed by atoms with Crippen LogP contribution < -0.4 is 4.46 Å². The molecule has 1 nitrogen and oxygen atoms in total. The van der Waals surface area contributed by atoms with Gasteiger partial charge < -0.3 is 0 Å². The predicted molar refractivity (Wildman–Crippen MR) is 84.5 cm³/mol. The summed E-state index contributed by atoms with van der Waals surface area (Å²) in [6.07, 6.45) is 2.12. The molecule has 0 fully saturated rings. The van der Waals surface area contributed by atoms with Crippen molar-refractivity contribution in [1.82, 2.24) is 0 Å². The van der Waals surface area contributed by atoms with Gasteiger partial charge in [0.15, 0.2) is 0 Å². The van der Waals surface area contributed by atoms with Crippen LogP contribution in [0.2, 0.25) is 4.31 Å². The number of benzene rings is 2. The molecule has 0 spiro atoms. The van der Waals surface area contributed by atoms with Gasteiger partial charge in [0.2, 0.25) is 0 Å². The molecule has 0 saturated heterocycles. The van der Waals surface area contributed by atoms with Crippen molar-refractivity contribution in [3.8, 4) is 0 Å². The zero-order valence-electron chi connectivity index (χ0n) is 11.4. The molecule has 0 aliphatic heterocycles. The summed E-state index contributed by atoms with van der Waals surface area (Å²) in [7, 11) is 0. The maximum atomic E-state index is 4.60. The van der Waals surface area contributed by atoms with Gasteiger partial charge in [0.05, 0.1) is 0 Å². The Hall–Kier alpha value is -1.37. The minimum absolute atomic E-state index is 0.156. The zero-order valence-corrected chi connectivity index (χ0v) is 13.1. The molecular formula is C17H19NSe. The third kappa shape index (κ3) is 5.02. The van der Waals surface area contributed by atoms with Gasteiger partial charge in [-0.2, -0.15) is 0 Å². The Balaban J connectivity index is 1.93. The van der Waals surface area contributed by atoms with E-state index in [9.17, 15) is 0 Å². The summed E-state index contributed by atoms with van der Waals surface area (Å²) in [5.74, 6) is 0. The summed E-state index contributed by atoms with van der Waals surface area (Å²) in [5.41, 5.74) is 1.27. The van der Waals surface area contributed by atoms with Crippen molar-refractivity contribution in [3.63, 3.8) is 0 Å². The van der Waals surface area contributed by atoms with Crippen molar-refractivity contribution < 1.29 is 0 Å². The van der Waals surface area contributed by atoms with Gasteiger partial charge in [-0.1, -0.05) is 0 Å². The van der Waals surface area contributed by atoms with Crippen LogP contribution in [0.4, 0.5) is 0 Å². The van der Waals surface area contributed by atoms with Crippen LogP contribution in [0.3, 0.4) is 0 Å². The second kappa shape index (κ2) is 6.70. The normalized spacial score (nSPS) is 11.9. The molecule has 0 unspecified atom stereocenters. The van der Waals surface area contributed by atoms with Gasteiger partial charge in [0.1, 0.15) is 0 Å². The van der Waals surface area contributed by atoms with E-state index in [1.165, 1.54) is 10.0 Å². The van der Waals surface area contributed by atoms with E-state index in [0.29, 0.717) is 15.0 Å². The first kappa shape index (κ1) is 14.0. The summed E-state index contributed by atoms with van der Waals surface area (Å²) in [5, 5.41) is 0. The van der Waals surface area contributed by atoms with Crippen LogP contribution in [0.5, 0.6) is 0 Å². The third-order valence-electron chi connectivity index (χ3n) is 2.64. The van der Waals surface area contributed by atoms with Gasteiger partial charge in [-0.15, -0.1) is 0 Å². The molecule has 0 aromatic heterocycles. The monoisotopic (exact) mass is 317 g/mol. The maximum absolute atomic E-state index is 4.60. The van der Waals surface area contributed by atoms with Crippen LogP contribution >= 0.6 is 0 Å². The predicted octanol–water partition coefficient (Wildman–Crippen LogP) is 3.49. The van der Waals surface area contributed by atoms with Gasteiger partial charge in [-0.05, 0) is 0 Å². The van der Waals surface area contributed by atoms with E-state index in [-0.39, 0.29) is 4.31 Å². The van der Waals surface area contributed by atoms with Crippen LogP contribution in [-0.4, -0.2) is 21.2 Å². The molecule has 0 aliphatic carbocycles. The molecule has 19 heavy (non-hydrogen) atoms. The molecule has 0 aliphatic rings. The van der Waals surface area contributed by atoms with Crippen LogP contribution in [0.25, 0.3) is 0 Å². The van der Waals surface area contributed by atoms with E-state index >= 15 is 0 Å². The van der Waals surface area contributed by atoms with E-state index in [1.807, 2.05) is 6.07 Å². The van der Waals surface area contributed by atoms with Crippen molar-refractivity contribution in [2.45, 2.75) is 24.7 Å². The van der Waals surface area contributed by atoms with Gasteiger partial charge in [0, 0.05) is 0 Å². The van der Waals surface area contributed by atoms with Crippen molar-refractivity contribution >= 4 is 25.6 Å². The molecule has 0 saturated carbocycles. The number of nitrogens with zero attached hydrogens (tertiary/aromatic N) is 1. The fraction of sp³-hybridized carbons (Fsp3) is 0.235. The number of hydrogen-bond acceptors (Lipinski definition) is 1. The fourth-order valence-electron chi connectivity index (χ4n) is 1.77. The van der Waals surface area contributed by atoms with Crippen molar-refractivity contribution in [2.24, 2.45) is 4.99 Å². The van der Waals surface area contributed by atoms with E-state index in [4.69, 9.17) is 0 Å². The molecular weight excluding hydrogens is 297 g/mol. The molecule has 2 aromatic rings. The van der Waals surface area contributed by atoms with E-state index in [0.717, 1.165) is 6.54 Å². The Labute approximate surface area is 121 Å². The molecule has 0 heterocycles. The second-order valence-electron chi connectivity index (χ2n) is 4.97. The van der Waals surface area contributed by atoms with Crippen LogP contribution in [0, 0.1) is 0 Å². The van der Waals surface area contributed by atoms with Crippen molar-refractivity contribution in [1.29, 1.82) is 0 Å². The first-order valence-electron chi connectivity index (χ1n) is 6.45. The molecule has 0 bridgehead atoms. The molecule has 2 aromatic carbocycles. The molecule has 98 valence electrons. The van der Waals surface area contributed by atoms with Crippen LogP contribution in [0.1, 0.15) is 19.4 Å². The minimum atomic E-state index is 0.156. The summed E-state index contributed by atoms with van der Waals surface area (Å²) < 4.78 is 1.58. The summed E-state index contributed by atoms with van der Waals surface area (Å²) in [6.45, 7) is 5.29. The Bertz CT molecular complexity index is 517.